The van der Waals surface area contributed by atoms with Crippen molar-refractivity contribution < 1.29 is 0 Å². The summed E-state index contributed by atoms with van der Waals surface area (Å²) in [4.78, 5) is 16.2. The zero-order valence-electron chi connectivity index (χ0n) is 34.4. The van der Waals surface area contributed by atoms with E-state index in [-0.39, 0.29) is 0 Å². The zero-order chi connectivity index (χ0) is 41.9. The van der Waals surface area contributed by atoms with E-state index in [9.17, 15) is 0 Å². The molecule has 4 aromatic heterocycles. The van der Waals surface area contributed by atoms with E-state index in [2.05, 4.69) is 221 Å². The van der Waals surface area contributed by atoms with Gasteiger partial charge in [0.2, 0.25) is 11.9 Å². The smallest absolute Gasteiger partial charge is 0.240 e. The molecule has 1 aliphatic rings. The lowest BCUT2D eigenvalue weighted by Crippen LogP contribution is -2.28. The van der Waals surface area contributed by atoms with Crippen molar-refractivity contribution in [2.45, 2.75) is 5.41 Å². The number of benzene rings is 9. The Hall–Kier alpha value is -8.19. The predicted octanol–water partition coefficient (Wildman–Crippen LogP) is 14.5. The SMILES string of the molecule is c1ccc(C2(c3cccc4c3sc3ccc(-c5nc(-n6c7ccccc7c7ccccc76)nc(-n6c7ccccc7c7ccccc76)n5)cc34)c3ccccc3-c3ccccc32)cc1. The molecule has 0 radical (unpaired) electrons. The summed E-state index contributed by atoms with van der Waals surface area (Å²) >= 11 is 1.87. The first-order valence-corrected chi connectivity index (χ1v) is 22.5. The van der Waals surface area contributed by atoms with Crippen molar-refractivity contribution in [3.63, 3.8) is 0 Å². The number of thiophene rings is 1. The summed E-state index contributed by atoms with van der Waals surface area (Å²) in [5, 5.41) is 7.01. The molecule has 0 unspecified atom stereocenters. The first-order chi connectivity index (χ1) is 31.8. The van der Waals surface area contributed by atoms with Crippen LogP contribution in [0.2, 0.25) is 0 Å². The van der Waals surface area contributed by atoms with Crippen LogP contribution < -0.4 is 0 Å². The number of fused-ring (bicyclic) bond motifs is 12. The van der Waals surface area contributed by atoms with Crippen LogP contribution in [0.4, 0.5) is 0 Å². The third-order valence-corrected chi connectivity index (χ3v) is 14.7. The Labute approximate surface area is 371 Å². The Balaban J connectivity index is 1.03. The topological polar surface area (TPSA) is 48.5 Å². The van der Waals surface area contributed by atoms with Gasteiger partial charge >= 0.3 is 0 Å². The summed E-state index contributed by atoms with van der Waals surface area (Å²) in [6, 6.07) is 76.7. The van der Waals surface area contributed by atoms with Crippen LogP contribution in [-0.4, -0.2) is 24.1 Å². The lowest BCUT2D eigenvalue weighted by Gasteiger charge is -2.34. The average molecular weight is 834 g/mol. The highest BCUT2D eigenvalue weighted by Crippen LogP contribution is 2.58. The van der Waals surface area contributed by atoms with Gasteiger partial charge in [0.1, 0.15) is 0 Å². The Morgan fingerprint density at radius 1 is 0.359 bits per heavy atom. The van der Waals surface area contributed by atoms with Gasteiger partial charge in [-0.25, -0.2) is 0 Å². The number of aromatic nitrogens is 5. The highest BCUT2D eigenvalue weighted by Gasteiger charge is 2.47. The van der Waals surface area contributed by atoms with E-state index in [4.69, 9.17) is 15.0 Å². The minimum Gasteiger partial charge on any atom is -0.278 e. The lowest BCUT2D eigenvalue weighted by atomic mass is 9.67. The number of rotatable bonds is 5. The van der Waals surface area contributed by atoms with E-state index in [1.807, 2.05) is 11.3 Å². The van der Waals surface area contributed by atoms with E-state index in [1.54, 1.807) is 0 Å². The molecule has 14 rings (SSSR count). The summed E-state index contributed by atoms with van der Waals surface area (Å²) in [7, 11) is 0. The van der Waals surface area contributed by atoms with Crippen molar-refractivity contribution in [1.29, 1.82) is 0 Å². The van der Waals surface area contributed by atoms with E-state index < -0.39 is 5.41 Å². The van der Waals surface area contributed by atoms with Crippen molar-refractivity contribution >= 4 is 75.1 Å². The van der Waals surface area contributed by atoms with Crippen LogP contribution >= 0.6 is 11.3 Å². The van der Waals surface area contributed by atoms with E-state index in [1.165, 1.54) is 53.6 Å². The number of hydrogen-bond acceptors (Lipinski definition) is 4. The van der Waals surface area contributed by atoms with Gasteiger partial charge in [-0.05, 0) is 75.8 Å². The van der Waals surface area contributed by atoms with Crippen LogP contribution in [0.15, 0.2) is 212 Å². The third kappa shape index (κ3) is 4.80. The molecule has 4 heterocycles. The maximum absolute atomic E-state index is 5.40. The number of hydrogen-bond donors (Lipinski definition) is 0. The largest absolute Gasteiger partial charge is 0.278 e. The second kappa shape index (κ2) is 13.4. The van der Waals surface area contributed by atoms with Gasteiger partial charge in [-0.3, -0.25) is 9.13 Å². The molecule has 298 valence electrons. The summed E-state index contributed by atoms with van der Waals surface area (Å²) < 4.78 is 6.88. The first-order valence-electron chi connectivity index (χ1n) is 21.7. The first kappa shape index (κ1) is 35.4. The van der Waals surface area contributed by atoms with Crippen LogP contribution in [-0.2, 0) is 5.41 Å². The second-order valence-corrected chi connectivity index (χ2v) is 17.8. The van der Waals surface area contributed by atoms with Crippen molar-refractivity contribution in [2.24, 2.45) is 0 Å². The molecule has 0 saturated heterocycles. The van der Waals surface area contributed by atoms with E-state index >= 15 is 0 Å². The highest BCUT2D eigenvalue weighted by atomic mass is 32.1. The molecule has 9 aromatic carbocycles. The highest BCUT2D eigenvalue weighted by molar-refractivity contribution is 7.26. The molecular formula is C58H35N5S. The molecule has 0 fully saturated rings. The molecule has 0 aliphatic heterocycles. The Morgan fingerprint density at radius 2 is 0.812 bits per heavy atom. The van der Waals surface area contributed by atoms with Crippen molar-refractivity contribution in [1.82, 2.24) is 24.1 Å². The zero-order valence-corrected chi connectivity index (χ0v) is 35.2. The van der Waals surface area contributed by atoms with Crippen molar-refractivity contribution in [2.75, 3.05) is 0 Å². The van der Waals surface area contributed by atoms with E-state index in [0.29, 0.717) is 17.7 Å². The van der Waals surface area contributed by atoms with Gasteiger partial charge in [0.25, 0.3) is 0 Å². The minimum absolute atomic E-state index is 0.500. The Morgan fingerprint density at radius 3 is 1.36 bits per heavy atom. The molecule has 64 heavy (non-hydrogen) atoms. The number of nitrogens with zero attached hydrogens (tertiary/aromatic N) is 5. The molecule has 0 bridgehead atoms. The normalized spacial score (nSPS) is 13.1. The van der Waals surface area contributed by atoms with Gasteiger partial charge < -0.3 is 0 Å². The lowest BCUT2D eigenvalue weighted by molar-refractivity contribution is 0.778. The van der Waals surface area contributed by atoms with Crippen LogP contribution in [0.3, 0.4) is 0 Å². The summed E-state index contributed by atoms with van der Waals surface area (Å²) in [6.45, 7) is 0. The molecule has 6 heteroatoms. The monoisotopic (exact) mass is 833 g/mol. The fourth-order valence-corrected chi connectivity index (χ4v) is 12.1. The van der Waals surface area contributed by atoms with Gasteiger partial charge in [0, 0.05) is 47.3 Å². The molecule has 0 amide bonds. The Kier molecular flexibility index (Phi) is 7.42. The van der Waals surface area contributed by atoms with Crippen molar-refractivity contribution in [3.8, 4) is 34.4 Å². The molecule has 5 nitrogen and oxygen atoms in total. The van der Waals surface area contributed by atoms with Crippen molar-refractivity contribution in [3.05, 3.63) is 235 Å². The maximum Gasteiger partial charge on any atom is 0.240 e. The standard InChI is InChI=1S/C58H35N5S/c1-2-17-37(18-3-1)58(46-26-10-4-19-38(46)39-20-5-11-27-47(39)58)48-28-16-25-44-45-35-36(33-34-53(45)64-54(44)48)55-59-56(62-49-29-12-6-21-40(49)41-22-7-13-30-50(41)62)61-57(60-55)63-51-31-14-8-23-42(51)43-24-9-15-32-52(43)63/h1-35H. The molecule has 13 aromatic rings. The van der Waals surface area contributed by atoms with Crippen LogP contribution in [0.1, 0.15) is 22.3 Å². The fourth-order valence-electron chi connectivity index (χ4n) is 10.9. The maximum atomic E-state index is 5.40. The van der Waals surface area contributed by atoms with Gasteiger partial charge in [-0.15, -0.1) is 11.3 Å². The van der Waals surface area contributed by atoms with Crippen LogP contribution in [0.25, 0.3) is 98.2 Å². The predicted molar refractivity (Wildman–Crippen MR) is 264 cm³/mol. The molecule has 0 spiro atoms. The van der Waals surface area contributed by atoms with Gasteiger partial charge in [0.05, 0.1) is 27.5 Å². The molecule has 1 aliphatic carbocycles. The fraction of sp³-hybridized carbons (Fsp3) is 0.0172. The van der Waals surface area contributed by atoms with E-state index in [0.717, 1.165) is 49.2 Å². The van der Waals surface area contributed by atoms with Gasteiger partial charge in [-0.1, -0.05) is 170 Å². The molecule has 0 saturated carbocycles. The van der Waals surface area contributed by atoms with Gasteiger partial charge in [-0.2, -0.15) is 15.0 Å². The Bertz CT molecular complexity index is 3760. The average Bonchev–Trinajstić information content (AvgIpc) is 4.10. The number of para-hydroxylation sites is 4. The van der Waals surface area contributed by atoms with Crippen LogP contribution in [0.5, 0.6) is 0 Å². The molecular weight excluding hydrogens is 799 g/mol. The third-order valence-electron chi connectivity index (χ3n) is 13.5. The second-order valence-electron chi connectivity index (χ2n) is 16.7. The van der Waals surface area contributed by atoms with Crippen LogP contribution in [0, 0.1) is 0 Å². The molecule has 0 N–H and O–H groups in total. The minimum atomic E-state index is -0.500. The summed E-state index contributed by atoms with van der Waals surface area (Å²) in [5.74, 6) is 1.75. The quantitative estimate of drug-likeness (QED) is 0.174. The molecule has 0 atom stereocenters. The summed E-state index contributed by atoms with van der Waals surface area (Å²) in [6.07, 6.45) is 0. The van der Waals surface area contributed by atoms with Gasteiger partial charge in [0.15, 0.2) is 5.82 Å². The summed E-state index contributed by atoms with van der Waals surface area (Å²) in [5.41, 5.74) is 12.4.